The van der Waals surface area contributed by atoms with E-state index in [0.717, 1.165) is 4.88 Å². The number of ether oxygens (including phenoxy) is 3. The molecule has 0 aliphatic carbocycles. The molecule has 1 heterocycles. The highest BCUT2D eigenvalue weighted by Crippen LogP contribution is 2.29. The minimum Gasteiger partial charge on any atom is -0.490 e. The summed E-state index contributed by atoms with van der Waals surface area (Å²) < 4.78 is 17.1. The van der Waals surface area contributed by atoms with Crippen LogP contribution in [-0.4, -0.2) is 25.7 Å². The van der Waals surface area contributed by atoms with Crippen molar-refractivity contribution >= 4 is 34.9 Å². The lowest BCUT2D eigenvalue weighted by atomic mass is 10.1. The Morgan fingerprint density at radius 2 is 1.88 bits per heavy atom. The number of rotatable bonds is 11. The lowest BCUT2D eigenvalue weighted by Gasteiger charge is -2.13. The van der Waals surface area contributed by atoms with Crippen molar-refractivity contribution in [2.24, 2.45) is 0 Å². The molecule has 170 valence electrons. The summed E-state index contributed by atoms with van der Waals surface area (Å²) in [7, 11) is 0. The van der Waals surface area contributed by atoms with Gasteiger partial charge in [0.25, 0.3) is 5.91 Å². The van der Waals surface area contributed by atoms with E-state index in [0.29, 0.717) is 54.2 Å². The van der Waals surface area contributed by atoms with Gasteiger partial charge in [0.15, 0.2) is 11.5 Å². The highest BCUT2D eigenvalue weighted by atomic mass is 35.5. The Balaban J connectivity index is 1.61. The molecule has 0 fully saturated rings. The predicted octanol–water partition coefficient (Wildman–Crippen LogP) is 5.48. The van der Waals surface area contributed by atoms with Gasteiger partial charge in [0.1, 0.15) is 30.6 Å². The van der Waals surface area contributed by atoms with Gasteiger partial charge in [-0.1, -0.05) is 23.7 Å². The Bertz CT molecular complexity index is 1120. The van der Waals surface area contributed by atoms with E-state index in [9.17, 15) is 10.1 Å². The Kier molecular flexibility index (Phi) is 9.19. The summed E-state index contributed by atoms with van der Waals surface area (Å²) in [6, 6.07) is 18.2. The third-order valence-electron chi connectivity index (χ3n) is 4.37. The van der Waals surface area contributed by atoms with E-state index in [1.165, 1.54) is 6.08 Å². The van der Waals surface area contributed by atoms with E-state index in [1.807, 2.05) is 30.5 Å². The summed E-state index contributed by atoms with van der Waals surface area (Å²) in [5.41, 5.74) is 0.671. The zero-order chi connectivity index (χ0) is 23.5. The highest BCUT2D eigenvalue weighted by Gasteiger charge is 2.11. The molecule has 0 bridgehead atoms. The van der Waals surface area contributed by atoms with E-state index in [1.54, 1.807) is 53.8 Å². The van der Waals surface area contributed by atoms with Crippen molar-refractivity contribution < 1.29 is 19.0 Å². The number of nitrogens with zero attached hydrogens (tertiary/aromatic N) is 1. The van der Waals surface area contributed by atoms with E-state index in [2.05, 4.69) is 5.32 Å². The lowest BCUT2D eigenvalue weighted by Crippen LogP contribution is -2.23. The first-order valence-electron chi connectivity index (χ1n) is 10.3. The third kappa shape index (κ3) is 7.56. The van der Waals surface area contributed by atoms with Gasteiger partial charge in [-0.2, -0.15) is 5.26 Å². The summed E-state index contributed by atoms with van der Waals surface area (Å²) in [5, 5.41) is 14.8. The van der Waals surface area contributed by atoms with E-state index >= 15 is 0 Å². The quantitative estimate of drug-likeness (QED) is 0.222. The summed E-state index contributed by atoms with van der Waals surface area (Å²) >= 11 is 7.41. The van der Waals surface area contributed by atoms with Gasteiger partial charge in [0.2, 0.25) is 0 Å². The molecule has 1 aromatic heterocycles. The number of hydrogen-bond acceptors (Lipinski definition) is 6. The zero-order valence-corrected chi connectivity index (χ0v) is 19.6. The molecule has 2 aromatic carbocycles. The molecule has 0 saturated heterocycles. The number of amides is 1. The van der Waals surface area contributed by atoms with Gasteiger partial charge in [0, 0.05) is 9.90 Å². The molecule has 6 nitrogen and oxygen atoms in total. The van der Waals surface area contributed by atoms with Crippen molar-refractivity contribution in [1.29, 1.82) is 5.26 Å². The monoisotopic (exact) mass is 482 g/mol. The SMILES string of the molecule is CCOc1cc(/C=C(\C#N)C(=O)NCc2cccs2)ccc1OCCOc1ccc(Cl)cc1. The average molecular weight is 483 g/mol. The maximum Gasteiger partial charge on any atom is 0.262 e. The molecule has 1 N–H and O–H groups in total. The molecule has 1 amide bonds. The first-order chi connectivity index (χ1) is 16.1. The van der Waals surface area contributed by atoms with E-state index in [4.69, 9.17) is 25.8 Å². The second-order valence-corrected chi connectivity index (χ2v) is 8.19. The van der Waals surface area contributed by atoms with Gasteiger partial charge in [-0.15, -0.1) is 11.3 Å². The van der Waals surface area contributed by atoms with Crippen LogP contribution in [0.15, 0.2) is 65.6 Å². The number of nitrogens with one attached hydrogen (secondary N) is 1. The molecule has 33 heavy (non-hydrogen) atoms. The third-order valence-corrected chi connectivity index (χ3v) is 5.50. The van der Waals surface area contributed by atoms with Gasteiger partial charge in [0.05, 0.1) is 13.2 Å². The van der Waals surface area contributed by atoms with Crippen LogP contribution in [0.25, 0.3) is 6.08 Å². The van der Waals surface area contributed by atoms with Crippen molar-refractivity contribution in [1.82, 2.24) is 5.32 Å². The van der Waals surface area contributed by atoms with Gasteiger partial charge in [-0.25, -0.2) is 0 Å². The number of hydrogen-bond donors (Lipinski definition) is 1. The minimum atomic E-state index is -0.427. The number of benzene rings is 2. The van der Waals surface area contributed by atoms with Crippen LogP contribution in [0.5, 0.6) is 17.2 Å². The number of carbonyl (C=O) groups excluding carboxylic acids is 1. The molecule has 0 unspecified atom stereocenters. The summed E-state index contributed by atoms with van der Waals surface area (Å²) in [6.07, 6.45) is 1.53. The van der Waals surface area contributed by atoms with Crippen molar-refractivity contribution in [2.45, 2.75) is 13.5 Å². The van der Waals surface area contributed by atoms with E-state index in [-0.39, 0.29) is 5.57 Å². The van der Waals surface area contributed by atoms with Crippen molar-refractivity contribution in [2.75, 3.05) is 19.8 Å². The number of halogens is 1. The fraction of sp³-hybridized carbons (Fsp3) is 0.200. The zero-order valence-electron chi connectivity index (χ0n) is 18.0. The molecule has 0 saturated carbocycles. The normalized spacial score (nSPS) is 10.9. The van der Waals surface area contributed by atoms with Gasteiger partial charge in [-0.3, -0.25) is 4.79 Å². The Labute approximate surface area is 202 Å². The Morgan fingerprint density at radius 3 is 2.58 bits per heavy atom. The van der Waals surface area contributed by atoms with Crippen LogP contribution in [0.4, 0.5) is 0 Å². The Morgan fingerprint density at radius 1 is 1.09 bits per heavy atom. The molecule has 0 spiro atoms. The molecule has 0 atom stereocenters. The summed E-state index contributed by atoms with van der Waals surface area (Å²) in [6.45, 7) is 3.35. The fourth-order valence-corrected chi connectivity index (χ4v) is 3.61. The van der Waals surface area contributed by atoms with Crippen LogP contribution in [0.1, 0.15) is 17.4 Å². The van der Waals surface area contributed by atoms with Crippen LogP contribution in [0.3, 0.4) is 0 Å². The Hall–Kier alpha value is -3.47. The second-order valence-electron chi connectivity index (χ2n) is 6.72. The first kappa shape index (κ1) is 24.2. The van der Waals surface area contributed by atoms with Gasteiger partial charge < -0.3 is 19.5 Å². The van der Waals surface area contributed by atoms with Crippen LogP contribution >= 0.6 is 22.9 Å². The average Bonchev–Trinajstić information content (AvgIpc) is 3.35. The molecule has 3 rings (SSSR count). The molecular weight excluding hydrogens is 460 g/mol. The summed E-state index contributed by atoms with van der Waals surface area (Å²) in [4.78, 5) is 13.4. The van der Waals surface area contributed by atoms with Crippen molar-refractivity contribution in [3.05, 3.63) is 81.0 Å². The van der Waals surface area contributed by atoms with Gasteiger partial charge >= 0.3 is 0 Å². The molecule has 0 aliphatic rings. The lowest BCUT2D eigenvalue weighted by molar-refractivity contribution is -0.117. The van der Waals surface area contributed by atoms with E-state index < -0.39 is 5.91 Å². The number of carbonyl (C=O) groups is 1. The largest absolute Gasteiger partial charge is 0.490 e. The molecule has 8 heteroatoms. The number of thiophene rings is 1. The van der Waals surface area contributed by atoms with Crippen molar-refractivity contribution in [3.8, 4) is 23.3 Å². The molecule has 0 radical (unpaired) electrons. The van der Waals surface area contributed by atoms with Crippen LogP contribution < -0.4 is 19.5 Å². The smallest absolute Gasteiger partial charge is 0.262 e. The fourth-order valence-electron chi connectivity index (χ4n) is 2.83. The highest BCUT2D eigenvalue weighted by molar-refractivity contribution is 7.09. The topological polar surface area (TPSA) is 80.6 Å². The maximum atomic E-state index is 12.4. The first-order valence-corrected chi connectivity index (χ1v) is 11.5. The van der Waals surface area contributed by atoms with Crippen LogP contribution in [0.2, 0.25) is 5.02 Å². The maximum absolute atomic E-state index is 12.4. The standard InChI is InChI=1S/C25H23ClN2O4S/c1-2-30-24-15-18(14-19(16-27)25(29)28-17-22-4-3-13-33-22)5-10-23(24)32-12-11-31-21-8-6-20(26)7-9-21/h3-10,13-15H,2,11-12,17H2,1H3,(H,28,29)/b19-14+. The van der Waals surface area contributed by atoms with Gasteiger partial charge in [-0.05, 0) is 66.4 Å². The minimum absolute atomic E-state index is 0.0130. The summed E-state index contributed by atoms with van der Waals surface area (Å²) in [5.74, 6) is 1.35. The molecule has 0 aliphatic heterocycles. The number of nitriles is 1. The molecule has 3 aromatic rings. The van der Waals surface area contributed by atoms with Crippen LogP contribution in [-0.2, 0) is 11.3 Å². The van der Waals surface area contributed by atoms with Crippen LogP contribution in [0, 0.1) is 11.3 Å². The second kappa shape index (κ2) is 12.5. The van der Waals surface area contributed by atoms with Crippen molar-refractivity contribution in [3.63, 3.8) is 0 Å². The molecular formula is C25H23ClN2O4S. The predicted molar refractivity (Wildman–Crippen MR) is 130 cm³/mol.